The molecule has 30 heavy (non-hydrogen) atoms. The molecule has 3 heterocycles. The summed E-state index contributed by atoms with van der Waals surface area (Å²) >= 11 is 1.50. The predicted molar refractivity (Wildman–Crippen MR) is 119 cm³/mol. The minimum Gasteiger partial charge on any atom is -0.507 e. The van der Waals surface area contributed by atoms with Crippen LogP contribution in [-0.4, -0.2) is 43.3 Å². The van der Waals surface area contributed by atoms with Gasteiger partial charge in [-0.25, -0.2) is 4.98 Å². The highest BCUT2D eigenvalue weighted by molar-refractivity contribution is 7.21. The molecule has 5 rings (SSSR count). The van der Waals surface area contributed by atoms with Gasteiger partial charge in [0.05, 0.1) is 33.8 Å². The summed E-state index contributed by atoms with van der Waals surface area (Å²) in [5.74, 6) is 0.729. The molecule has 0 saturated carbocycles. The number of quaternary nitrogens is 2. The lowest BCUT2D eigenvalue weighted by Gasteiger charge is -2.27. The standard InChI is InChI=1S/C23H23N3O3S/c1-14-20(23-24-17-5-3-4-6-19(17)30-23)21(28)15-7-8-18(27)16(22(15)29-14)13-26-11-9-25(2)10-12-26/h3-8,27H,9-13H2,1-2H3/p+2. The quantitative estimate of drug-likeness (QED) is 0.460. The van der Waals surface area contributed by atoms with Crippen LogP contribution < -0.4 is 15.2 Å². The molecule has 1 saturated heterocycles. The average Bonchev–Trinajstić information content (AvgIpc) is 3.15. The van der Waals surface area contributed by atoms with Crippen LogP contribution in [0.4, 0.5) is 0 Å². The zero-order valence-electron chi connectivity index (χ0n) is 17.1. The van der Waals surface area contributed by atoms with Crippen molar-refractivity contribution in [3.05, 3.63) is 57.9 Å². The van der Waals surface area contributed by atoms with E-state index in [-0.39, 0.29) is 11.2 Å². The third-order valence-electron chi connectivity index (χ3n) is 6.06. The van der Waals surface area contributed by atoms with Crippen molar-refractivity contribution in [2.45, 2.75) is 13.5 Å². The number of piperazine rings is 1. The first kappa shape index (κ1) is 19.2. The van der Waals surface area contributed by atoms with Crippen LogP contribution in [0, 0.1) is 6.92 Å². The van der Waals surface area contributed by atoms with Crippen LogP contribution in [0.3, 0.4) is 0 Å². The van der Waals surface area contributed by atoms with E-state index in [1.54, 1.807) is 12.1 Å². The third kappa shape index (κ3) is 3.29. The van der Waals surface area contributed by atoms with Gasteiger partial charge >= 0.3 is 0 Å². The molecule has 1 fully saturated rings. The van der Waals surface area contributed by atoms with Crippen molar-refractivity contribution in [1.29, 1.82) is 0 Å². The molecule has 0 atom stereocenters. The van der Waals surface area contributed by atoms with Crippen LogP contribution in [0.5, 0.6) is 5.75 Å². The Balaban J connectivity index is 1.62. The Morgan fingerprint density at radius 2 is 1.90 bits per heavy atom. The van der Waals surface area contributed by atoms with Gasteiger partial charge in [0.1, 0.15) is 49.2 Å². The Labute approximate surface area is 178 Å². The van der Waals surface area contributed by atoms with Crippen LogP contribution >= 0.6 is 11.3 Å². The number of phenols is 1. The molecule has 6 nitrogen and oxygen atoms in total. The number of para-hydroxylation sites is 1. The summed E-state index contributed by atoms with van der Waals surface area (Å²) in [7, 11) is 2.21. The monoisotopic (exact) mass is 423 g/mol. The fraction of sp³-hybridized carbons (Fsp3) is 0.304. The maximum Gasteiger partial charge on any atom is 0.203 e. The van der Waals surface area contributed by atoms with Crippen molar-refractivity contribution in [3.8, 4) is 16.3 Å². The van der Waals surface area contributed by atoms with E-state index in [9.17, 15) is 9.90 Å². The molecule has 0 aliphatic carbocycles. The summed E-state index contributed by atoms with van der Waals surface area (Å²) in [5.41, 5.74) is 2.52. The van der Waals surface area contributed by atoms with Gasteiger partial charge in [-0.1, -0.05) is 12.1 Å². The molecular weight excluding hydrogens is 398 g/mol. The van der Waals surface area contributed by atoms with Crippen molar-refractivity contribution in [2.75, 3.05) is 33.2 Å². The summed E-state index contributed by atoms with van der Waals surface area (Å²) in [6, 6.07) is 11.2. The topological polar surface area (TPSA) is 72.2 Å². The highest BCUT2D eigenvalue weighted by Crippen LogP contribution is 2.33. The van der Waals surface area contributed by atoms with Crippen molar-refractivity contribution in [1.82, 2.24) is 4.98 Å². The molecule has 0 bridgehead atoms. The van der Waals surface area contributed by atoms with Crippen molar-refractivity contribution >= 4 is 32.5 Å². The second-order valence-electron chi connectivity index (χ2n) is 8.17. The molecule has 2 aromatic carbocycles. The predicted octanol–water partition coefficient (Wildman–Crippen LogP) is 0.997. The van der Waals surface area contributed by atoms with Gasteiger partial charge in [-0.15, -0.1) is 11.3 Å². The molecule has 0 amide bonds. The molecule has 154 valence electrons. The number of phenolic OH excluding ortho intramolecular Hbond substituents is 1. The number of nitrogens with zero attached hydrogens (tertiary/aromatic N) is 1. The highest BCUT2D eigenvalue weighted by Gasteiger charge is 2.25. The maximum atomic E-state index is 13.4. The second kappa shape index (κ2) is 7.50. The van der Waals surface area contributed by atoms with Gasteiger partial charge in [-0.3, -0.25) is 4.79 Å². The number of aryl methyl sites for hydroxylation is 1. The lowest BCUT2D eigenvalue weighted by Crippen LogP contribution is -3.26. The zero-order chi connectivity index (χ0) is 20.8. The summed E-state index contributed by atoms with van der Waals surface area (Å²) < 4.78 is 7.23. The first-order valence-corrected chi connectivity index (χ1v) is 11.1. The molecule has 4 aromatic rings. The fourth-order valence-corrected chi connectivity index (χ4v) is 5.32. The van der Waals surface area contributed by atoms with Gasteiger partial charge in [-0.05, 0) is 31.2 Å². The minimum absolute atomic E-state index is 0.0909. The van der Waals surface area contributed by atoms with E-state index in [2.05, 4.69) is 12.0 Å². The largest absolute Gasteiger partial charge is 0.507 e. The Hall–Kier alpha value is -2.74. The van der Waals surface area contributed by atoms with Crippen LogP contribution in [0.15, 0.2) is 45.6 Å². The molecule has 2 aromatic heterocycles. The number of hydrogen-bond acceptors (Lipinski definition) is 5. The maximum absolute atomic E-state index is 13.4. The van der Waals surface area contributed by atoms with E-state index in [1.807, 2.05) is 31.2 Å². The number of aromatic nitrogens is 1. The number of hydrogen-bond donors (Lipinski definition) is 3. The second-order valence-corrected chi connectivity index (χ2v) is 9.20. The van der Waals surface area contributed by atoms with Crippen LogP contribution in [0.25, 0.3) is 31.8 Å². The Kier molecular flexibility index (Phi) is 4.81. The van der Waals surface area contributed by atoms with E-state index < -0.39 is 0 Å². The molecule has 0 unspecified atom stereocenters. The van der Waals surface area contributed by atoms with Gasteiger partial charge < -0.3 is 19.3 Å². The SMILES string of the molecule is Cc1oc2c(C[NH+]3CC[NH+](C)CC3)c(O)ccc2c(=O)c1-c1nc2ccccc2s1. The van der Waals surface area contributed by atoms with Crippen molar-refractivity contribution in [2.24, 2.45) is 0 Å². The summed E-state index contributed by atoms with van der Waals surface area (Å²) in [6.45, 7) is 6.74. The summed E-state index contributed by atoms with van der Waals surface area (Å²) in [6.07, 6.45) is 0. The Morgan fingerprint density at radius 3 is 2.67 bits per heavy atom. The first-order valence-electron chi connectivity index (χ1n) is 10.3. The number of rotatable bonds is 3. The van der Waals surface area contributed by atoms with Gasteiger partial charge in [0.2, 0.25) is 5.43 Å². The molecule has 3 N–H and O–H groups in total. The Bertz CT molecular complexity index is 1270. The molecule has 7 heteroatoms. The van der Waals surface area contributed by atoms with E-state index in [1.165, 1.54) is 21.1 Å². The van der Waals surface area contributed by atoms with Crippen molar-refractivity contribution < 1.29 is 19.3 Å². The van der Waals surface area contributed by atoms with Crippen LogP contribution in [0.2, 0.25) is 0 Å². The molecule has 1 aliphatic rings. The van der Waals surface area contributed by atoms with Crippen molar-refractivity contribution in [3.63, 3.8) is 0 Å². The van der Waals surface area contributed by atoms with E-state index >= 15 is 0 Å². The zero-order valence-corrected chi connectivity index (χ0v) is 17.9. The first-order chi connectivity index (χ1) is 14.5. The fourth-order valence-electron chi connectivity index (χ4n) is 4.27. The molecular formula is C23H25N3O3S+2. The highest BCUT2D eigenvalue weighted by atomic mass is 32.1. The number of likely N-dealkylation sites (N-methyl/N-ethyl adjacent to an activating group) is 1. The van der Waals surface area contributed by atoms with Gasteiger partial charge in [0.25, 0.3) is 0 Å². The molecule has 0 spiro atoms. The van der Waals surface area contributed by atoms with E-state index in [4.69, 9.17) is 4.42 Å². The number of benzene rings is 2. The normalized spacial score (nSPS) is 19.5. The molecule has 0 radical (unpaired) electrons. The molecule has 1 aliphatic heterocycles. The number of nitrogens with one attached hydrogen (secondary N) is 2. The summed E-state index contributed by atoms with van der Waals surface area (Å²) in [5, 5.41) is 11.7. The van der Waals surface area contributed by atoms with Crippen LogP contribution in [0.1, 0.15) is 11.3 Å². The average molecular weight is 424 g/mol. The number of fused-ring (bicyclic) bond motifs is 2. The number of thiazole rings is 1. The van der Waals surface area contributed by atoms with Crippen LogP contribution in [-0.2, 0) is 6.54 Å². The van der Waals surface area contributed by atoms with E-state index in [0.717, 1.165) is 42.0 Å². The minimum atomic E-state index is -0.0909. The van der Waals surface area contributed by atoms with Gasteiger partial charge in [0.15, 0.2) is 5.58 Å². The number of aromatic hydroxyl groups is 1. The van der Waals surface area contributed by atoms with E-state index in [0.29, 0.717) is 33.8 Å². The lowest BCUT2D eigenvalue weighted by molar-refractivity contribution is -1.01. The summed E-state index contributed by atoms with van der Waals surface area (Å²) in [4.78, 5) is 21.0. The van der Waals surface area contributed by atoms with Gasteiger partial charge in [0, 0.05) is 0 Å². The lowest BCUT2D eigenvalue weighted by atomic mass is 10.1. The van der Waals surface area contributed by atoms with Gasteiger partial charge in [-0.2, -0.15) is 0 Å². The Morgan fingerprint density at radius 1 is 1.13 bits per heavy atom. The smallest absolute Gasteiger partial charge is 0.203 e. The third-order valence-corrected chi connectivity index (χ3v) is 7.11.